The molecule has 1 fully saturated rings. The monoisotopic (exact) mass is 625 g/mol. The van der Waals surface area contributed by atoms with E-state index in [4.69, 9.17) is 14.2 Å². The number of Topliss-reactive ketones (excluding diaryl/α,β-unsaturated/α-hetero) is 1. The molecule has 0 unspecified atom stereocenters. The Hall–Kier alpha value is -2.03. The minimum absolute atomic E-state index is 0.168. The largest absolute Gasteiger partial charge is 0.457 e. The lowest BCUT2D eigenvalue weighted by Gasteiger charge is -2.38. The van der Waals surface area contributed by atoms with Gasteiger partial charge in [-0.3, -0.25) is 9.59 Å². The number of ketones is 1. The summed E-state index contributed by atoms with van der Waals surface area (Å²) in [6, 6.07) is 0. The van der Waals surface area contributed by atoms with Crippen LogP contribution in [0.4, 0.5) is 0 Å². The number of aryl methyl sites for hydroxylation is 1. The molecule has 1 saturated heterocycles. The summed E-state index contributed by atoms with van der Waals surface area (Å²) in [7, 11) is 0. The van der Waals surface area contributed by atoms with E-state index in [1.165, 1.54) is 11.3 Å². The van der Waals surface area contributed by atoms with Gasteiger partial charge in [-0.1, -0.05) is 39.8 Å². The van der Waals surface area contributed by atoms with Crippen molar-refractivity contribution in [2.75, 3.05) is 13.2 Å². The zero-order valence-electron chi connectivity index (χ0n) is 25.6. The zero-order chi connectivity index (χ0) is 31.9. The first-order valence-electron chi connectivity index (χ1n) is 14.9. The molecule has 3 heterocycles. The minimum atomic E-state index is -1.54. The molecule has 0 spiro atoms. The number of aliphatic hydroxyl groups is 5. The SMILES string of the molecule is Cc1nc(/C=C(\CO)[C@@H]2C/C=C\CCC[C@H](C)[C@H](O)[C@@H](C)C(=O)C(C)(C)[C@@H](O[C@H]3O[C@H](CO)[C@@H](O)[C@H]3O)CC(=O)O2)cs1. The molecule has 9 atom stereocenters. The molecule has 0 amide bonds. The quantitative estimate of drug-likeness (QED) is 0.232. The van der Waals surface area contributed by atoms with E-state index >= 15 is 0 Å². The fraction of sp³-hybridized carbons (Fsp3) is 0.710. The third kappa shape index (κ3) is 9.01. The Balaban J connectivity index is 1.97. The number of cyclic esters (lactones) is 1. The number of allylic oxidation sites excluding steroid dienone is 1. The molecule has 0 aromatic carbocycles. The molecular weight excluding hydrogens is 578 g/mol. The summed E-state index contributed by atoms with van der Waals surface area (Å²) >= 11 is 1.46. The van der Waals surface area contributed by atoms with E-state index in [2.05, 4.69) is 4.98 Å². The Bertz CT molecular complexity index is 1130. The fourth-order valence-corrected chi connectivity index (χ4v) is 6.15. The summed E-state index contributed by atoms with van der Waals surface area (Å²) in [5.41, 5.74) is -0.284. The van der Waals surface area contributed by atoms with Crippen LogP contribution in [-0.2, 0) is 23.8 Å². The van der Waals surface area contributed by atoms with Crippen molar-refractivity contribution in [3.05, 3.63) is 33.8 Å². The Morgan fingerprint density at radius 2 is 1.86 bits per heavy atom. The lowest BCUT2D eigenvalue weighted by atomic mass is 9.72. The van der Waals surface area contributed by atoms with E-state index in [1.54, 1.807) is 26.8 Å². The van der Waals surface area contributed by atoms with Crippen molar-refractivity contribution in [3.8, 4) is 0 Å². The van der Waals surface area contributed by atoms with E-state index in [9.17, 15) is 35.1 Å². The lowest BCUT2D eigenvalue weighted by molar-refractivity contribution is -0.218. The molecule has 2 aliphatic heterocycles. The number of thiazole rings is 1. The predicted molar refractivity (Wildman–Crippen MR) is 160 cm³/mol. The molecule has 0 saturated carbocycles. The summed E-state index contributed by atoms with van der Waals surface area (Å²) in [5, 5.41) is 54.3. The molecule has 3 rings (SSSR count). The van der Waals surface area contributed by atoms with Crippen LogP contribution in [0.2, 0.25) is 0 Å². The number of carbonyl (C=O) groups excluding carboxylic acids is 2. The van der Waals surface area contributed by atoms with Gasteiger partial charge in [-0.05, 0) is 43.8 Å². The van der Waals surface area contributed by atoms with Gasteiger partial charge in [0.15, 0.2) is 6.29 Å². The predicted octanol–water partition coefficient (Wildman–Crippen LogP) is 2.31. The number of ether oxygens (including phenoxy) is 3. The molecule has 0 bridgehead atoms. The van der Waals surface area contributed by atoms with Crippen molar-refractivity contribution < 1.29 is 49.3 Å². The minimum Gasteiger partial charge on any atom is -0.457 e. The number of rotatable bonds is 6. The Labute approximate surface area is 257 Å². The van der Waals surface area contributed by atoms with Gasteiger partial charge in [0.05, 0.1) is 48.0 Å². The smallest absolute Gasteiger partial charge is 0.309 e. The maximum absolute atomic E-state index is 13.9. The van der Waals surface area contributed by atoms with Gasteiger partial charge in [0.25, 0.3) is 0 Å². The second kappa shape index (κ2) is 15.8. The molecule has 1 aromatic rings. The van der Waals surface area contributed by atoms with Crippen molar-refractivity contribution in [1.82, 2.24) is 4.98 Å². The highest BCUT2D eigenvalue weighted by atomic mass is 32.1. The first-order chi connectivity index (χ1) is 20.3. The van der Waals surface area contributed by atoms with Crippen molar-refractivity contribution >= 4 is 29.2 Å². The highest BCUT2D eigenvalue weighted by Gasteiger charge is 2.49. The Morgan fingerprint density at radius 1 is 1.14 bits per heavy atom. The number of aromatic nitrogens is 1. The van der Waals surface area contributed by atoms with Crippen LogP contribution >= 0.6 is 11.3 Å². The van der Waals surface area contributed by atoms with Crippen molar-refractivity contribution in [2.45, 2.75) is 110 Å². The average molecular weight is 626 g/mol. The number of esters is 1. The standard InChI is InChI=1S/C31H47NO10S/c1-17-10-8-6-7-9-11-22(20(14-33)12-21-16-43-19(3)32-21)40-25(35)13-24(31(4,5)29(39)18(2)26(17)36)42-30-28(38)27(37)23(15-34)41-30/h7,9,12,16-18,22-24,26-28,30,33-34,36-38H,6,8,10-11,13-15H2,1-5H3/b9-7-,20-12+/t17-,18+,22-,23+,24-,26-,27+,28+,30+/m0/s1. The van der Waals surface area contributed by atoms with Crippen molar-refractivity contribution in [2.24, 2.45) is 17.3 Å². The molecule has 1 aromatic heterocycles. The van der Waals surface area contributed by atoms with Gasteiger partial charge >= 0.3 is 5.97 Å². The van der Waals surface area contributed by atoms with Crippen LogP contribution in [0.3, 0.4) is 0 Å². The summed E-state index contributed by atoms with van der Waals surface area (Å²) in [6.07, 6.45) is -0.845. The molecule has 0 radical (unpaired) electrons. The molecule has 242 valence electrons. The van der Waals surface area contributed by atoms with E-state index in [0.717, 1.165) is 17.8 Å². The number of nitrogens with zero attached hydrogens (tertiary/aromatic N) is 1. The van der Waals surface area contributed by atoms with Gasteiger partial charge in [0.1, 0.15) is 30.2 Å². The van der Waals surface area contributed by atoms with Gasteiger partial charge in [-0.15, -0.1) is 11.3 Å². The third-order valence-electron chi connectivity index (χ3n) is 8.48. The maximum atomic E-state index is 13.9. The van der Waals surface area contributed by atoms with Crippen molar-refractivity contribution in [3.63, 3.8) is 0 Å². The Morgan fingerprint density at radius 3 is 2.47 bits per heavy atom. The van der Waals surface area contributed by atoms with Gasteiger partial charge < -0.3 is 39.7 Å². The van der Waals surface area contributed by atoms with E-state index in [0.29, 0.717) is 24.1 Å². The van der Waals surface area contributed by atoms with Gasteiger partial charge in [0.2, 0.25) is 0 Å². The highest BCUT2D eigenvalue weighted by Crippen LogP contribution is 2.36. The fourth-order valence-electron chi connectivity index (χ4n) is 5.58. The number of hydrogen-bond acceptors (Lipinski definition) is 12. The highest BCUT2D eigenvalue weighted by molar-refractivity contribution is 7.09. The molecule has 11 nitrogen and oxygen atoms in total. The van der Waals surface area contributed by atoms with Crippen LogP contribution in [0, 0.1) is 24.2 Å². The molecular formula is C31H47NO10S. The lowest BCUT2D eigenvalue weighted by Crippen LogP contribution is -2.49. The van der Waals surface area contributed by atoms with Gasteiger partial charge in [-0.2, -0.15) is 0 Å². The maximum Gasteiger partial charge on any atom is 0.309 e. The molecule has 5 N–H and O–H groups in total. The van der Waals surface area contributed by atoms with Crippen LogP contribution in [0.1, 0.15) is 70.5 Å². The number of aliphatic hydroxyl groups excluding tert-OH is 5. The zero-order valence-corrected chi connectivity index (χ0v) is 26.4. The summed E-state index contributed by atoms with van der Waals surface area (Å²) in [4.78, 5) is 31.8. The van der Waals surface area contributed by atoms with Gasteiger partial charge in [0, 0.05) is 17.7 Å². The van der Waals surface area contributed by atoms with E-state index in [-0.39, 0.29) is 18.3 Å². The average Bonchev–Trinajstić information content (AvgIpc) is 3.51. The topological polar surface area (TPSA) is 176 Å². The Kier molecular flexibility index (Phi) is 13.0. The number of hydrogen-bond donors (Lipinski definition) is 5. The molecule has 0 aliphatic carbocycles. The second-order valence-corrected chi connectivity index (χ2v) is 13.2. The van der Waals surface area contributed by atoms with Crippen LogP contribution in [0.5, 0.6) is 0 Å². The third-order valence-corrected chi connectivity index (χ3v) is 9.28. The summed E-state index contributed by atoms with van der Waals surface area (Å²) in [5.74, 6) is -2.04. The molecule has 12 heteroatoms. The molecule has 43 heavy (non-hydrogen) atoms. The van der Waals surface area contributed by atoms with Crippen LogP contribution in [0.15, 0.2) is 23.1 Å². The molecule has 2 aliphatic rings. The van der Waals surface area contributed by atoms with E-state index < -0.39 is 73.2 Å². The normalized spacial score (nSPS) is 36.0. The summed E-state index contributed by atoms with van der Waals surface area (Å²) in [6.45, 7) is 7.65. The first-order valence-corrected chi connectivity index (χ1v) is 15.8. The van der Waals surface area contributed by atoms with Crippen LogP contribution in [0.25, 0.3) is 6.08 Å². The summed E-state index contributed by atoms with van der Waals surface area (Å²) < 4.78 is 17.4. The van der Waals surface area contributed by atoms with Crippen LogP contribution < -0.4 is 0 Å². The van der Waals surface area contributed by atoms with E-state index in [1.807, 2.05) is 31.4 Å². The second-order valence-electron chi connectivity index (χ2n) is 12.2. The van der Waals surface area contributed by atoms with Gasteiger partial charge in [-0.25, -0.2) is 4.98 Å². The van der Waals surface area contributed by atoms with Crippen LogP contribution in [-0.4, -0.2) is 98.4 Å². The number of carbonyl (C=O) groups is 2. The first kappa shape index (κ1) is 35.4. The van der Waals surface area contributed by atoms with Crippen molar-refractivity contribution in [1.29, 1.82) is 0 Å².